The molecule has 0 unspecified atom stereocenters. The van der Waals surface area contributed by atoms with Gasteiger partial charge in [-0.05, 0) is 6.42 Å². The van der Waals surface area contributed by atoms with E-state index in [1.54, 1.807) is 7.05 Å². The minimum atomic E-state index is -0.158. The predicted molar refractivity (Wildman–Crippen MR) is 48.5 cm³/mol. The molecule has 0 aliphatic carbocycles. The van der Waals surface area contributed by atoms with E-state index >= 15 is 0 Å². The van der Waals surface area contributed by atoms with Crippen molar-refractivity contribution < 1.29 is 9.63 Å². The van der Waals surface area contributed by atoms with Crippen LogP contribution in [-0.2, 0) is 9.63 Å². The van der Waals surface area contributed by atoms with Crippen molar-refractivity contribution in [2.24, 2.45) is 0 Å². The van der Waals surface area contributed by atoms with Crippen LogP contribution in [0.1, 0.15) is 45.4 Å². The Morgan fingerprint density at radius 2 is 1.92 bits per heavy atom. The highest BCUT2D eigenvalue weighted by atomic mass is 16.7. The maximum atomic E-state index is 10.8. The summed E-state index contributed by atoms with van der Waals surface area (Å²) in [6, 6.07) is 0. The number of nitrogens with one attached hydrogen (secondary N) is 1. The van der Waals surface area contributed by atoms with Gasteiger partial charge in [-0.15, -0.1) is 0 Å². The molecule has 12 heavy (non-hydrogen) atoms. The third-order valence-electron chi connectivity index (χ3n) is 1.70. The summed E-state index contributed by atoms with van der Waals surface area (Å²) in [6.07, 6.45) is 6.34. The average Bonchev–Trinajstić information content (AvgIpc) is 2.05. The molecule has 0 aromatic rings. The maximum absolute atomic E-state index is 10.8. The summed E-state index contributed by atoms with van der Waals surface area (Å²) in [4.78, 5) is 15.4. The number of carbonyl (C=O) groups excluding carboxylic acids is 1. The molecule has 0 bridgehead atoms. The molecule has 0 aliphatic rings. The van der Waals surface area contributed by atoms with Gasteiger partial charge in [0.1, 0.15) is 0 Å². The number of carbonyl (C=O) groups is 1. The van der Waals surface area contributed by atoms with Crippen LogP contribution >= 0.6 is 0 Å². The summed E-state index contributed by atoms with van der Waals surface area (Å²) in [5.74, 6) is -0.158. The summed E-state index contributed by atoms with van der Waals surface area (Å²) in [5, 5.41) is 0. The summed E-state index contributed by atoms with van der Waals surface area (Å²) < 4.78 is 0. The van der Waals surface area contributed by atoms with Crippen molar-refractivity contribution in [1.82, 2.24) is 5.48 Å². The monoisotopic (exact) mass is 173 g/mol. The lowest BCUT2D eigenvalue weighted by molar-refractivity contribution is -0.150. The normalized spacial score (nSPS) is 9.83. The van der Waals surface area contributed by atoms with E-state index < -0.39 is 0 Å². The molecule has 0 aromatic heterocycles. The quantitative estimate of drug-likeness (QED) is 0.473. The number of rotatable bonds is 7. The first-order valence-corrected chi connectivity index (χ1v) is 4.67. The SMILES string of the molecule is CCCCCCCC(=O)ONC. The molecule has 0 aliphatic heterocycles. The van der Waals surface area contributed by atoms with Gasteiger partial charge >= 0.3 is 5.97 Å². The van der Waals surface area contributed by atoms with Crippen LogP contribution in [0.15, 0.2) is 0 Å². The Morgan fingerprint density at radius 1 is 1.25 bits per heavy atom. The maximum Gasteiger partial charge on any atom is 0.324 e. The van der Waals surface area contributed by atoms with Gasteiger partial charge in [-0.3, -0.25) is 4.79 Å². The second kappa shape index (κ2) is 8.53. The summed E-state index contributed by atoms with van der Waals surface area (Å²) in [6.45, 7) is 2.18. The first-order valence-electron chi connectivity index (χ1n) is 4.67. The molecular weight excluding hydrogens is 154 g/mol. The van der Waals surface area contributed by atoms with Gasteiger partial charge < -0.3 is 4.84 Å². The fourth-order valence-corrected chi connectivity index (χ4v) is 1.04. The fraction of sp³-hybridized carbons (Fsp3) is 0.889. The third kappa shape index (κ3) is 7.54. The van der Waals surface area contributed by atoms with Crippen molar-refractivity contribution in [2.45, 2.75) is 45.4 Å². The molecule has 72 valence electrons. The van der Waals surface area contributed by atoms with Gasteiger partial charge in [0.15, 0.2) is 0 Å². The second-order valence-electron chi connectivity index (χ2n) is 2.84. The van der Waals surface area contributed by atoms with Gasteiger partial charge in [-0.25, -0.2) is 0 Å². The first kappa shape index (κ1) is 11.4. The molecule has 0 heterocycles. The molecule has 0 amide bonds. The van der Waals surface area contributed by atoms with Crippen LogP contribution in [0.3, 0.4) is 0 Å². The lowest BCUT2D eigenvalue weighted by Gasteiger charge is -2.00. The van der Waals surface area contributed by atoms with Gasteiger partial charge in [-0.1, -0.05) is 32.6 Å². The van der Waals surface area contributed by atoms with E-state index in [9.17, 15) is 4.79 Å². The molecule has 0 saturated carbocycles. The highest BCUT2D eigenvalue weighted by Crippen LogP contribution is 2.04. The molecule has 0 spiro atoms. The van der Waals surface area contributed by atoms with Crippen LogP contribution in [0.2, 0.25) is 0 Å². The average molecular weight is 173 g/mol. The van der Waals surface area contributed by atoms with Crippen LogP contribution in [0.25, 0.3) is 0 Å². The summed E-state index contributed by atoms with van der Waals surface area (Å²) in [7, 11) is 1.59. The first-order chi connectivity index (χ1) is 5.81. The van der Waals surface area contributed by atoms with E-state index in [0.717, 1.165) is 12.8 Å². The minimum Gasteiger partial charge on any atom is -0.371 e. The van der Waals surface area contributed by atoms with Gasteiger partial charge in [0, 0.05) is 13.5 Å². The predicted octanol–water partition coefficient (Wildman–Crippen LogP) is 2.02. The molecule has 0 atom stereocenters. The Balaban J connectivity index is 3.03. The molecule has 0 fully saturated rings. The van der Waals surface area contributed by atoms with Crippen LogP contribution in [0, 0.1) is 0 Å². The van der Waals surface area contributed by atoms with Gasteiger partial charge in [0.2, 0.25) is 0 Å². The lowest BCUT2D eigenvalue weighted by atomic mass is 10.1. The molecule has 3 heteroatoms. The molecule has 0 rings (SSSR count). The Hall–Kier alpha value is -0.570. The molecule has 3 nitrogen and oxygen atoms in total. The van der Waals surface area contributed by atoms with Crippen molar-refractivity contribution in [1.29, 1.82) is 0 Å². The van der Waals surface area contributed by atoms with Gasteiger partial charge in [0.05, 0.1) is 0 Å². The summed E-state index contributed by atoms with van der Waals surface area (Å²) in [5.41, 5.74) is 2.37. The number of hydroxylamine groups is 1. The zero-order chi connectivity index (χ0) is 9.23. The zero-order valence-electron chi connectivity index (χ0n) is 8.06. The van der Waals surface area contributed by atoms with E-state index in [1.807, 2.05) is 0 Å². The minimum absolute atomic E-state index is 0.158. The van der Waals surface area contributed by atoms with Crippen LogP contribution in [0.5, 0.6) is 0 Å². The van der Waals surface area contributed by atoms with Crippen molar-refractivity contribution in [3.63, 3.8) is 0 Å². The molecule has 0 saturated heterocycles. The Bertz CT molecular complexity index is 115. The summed E-state index contributed by atoms with van der Waals surface area (Å²) >= 11 is 0. The molecule has 1 N–H and O–H groups in total. The van der Waals surface area contributed by atoms with E-state index in [2.05, 4.69) is 17.2 Å². The van der Waals surface area contributed by atoms with Crippen molar-refractivity contribution in [3.05, 3.63) is 0 Å². The third-order valence-corrected chi connectivity index (χ3v) is 1.70. The van der Waals surface area contributed by atoms with E-state index in [-0.39, 0.29) is 5.97 Å². The highest BCUT2D eigenvalue weighted by molar-refractivity contribution is 5.68. The van der Waals surface area contributed by atoms with E-state index in [1.165, 1.54) is 19.3 Å². The van der Waals surface area contributed by atoms with Crippen molar-refractivity contribution >= 4 is 5.97 Å². The largest absolute Gasteiger partial charge is 0.371 e. The smallest absolute Gasteiger partial charge is 0.324 e. The molecular formula is C9H19NO2. The number of hydrogen-bond donors (Lipinski definition) is 1. The van der Waals surface area contributed by atoms with Gasteiger partial charge in [-0.2, -0.15) is 5.48 Å². The van der Waals surface area contributed by atoms with Crippen LogP contribution < -0.4 is 5.48 Å². The lowest BCUT2D eigenvalue weighted by Crippen LogP contribution is -2.14. The Morgan fingerprint density at radius 3 is 2.50 bits per heavy atom. The van der Waals surface area contributed by atoms with Gasteiger partial charge in [0.25, 0.3) is 0 Å². The van der Waals surface area contributed by atoms with Crippen molar-refractivity contribution in [3.8, 4) is 0 Å². The van der Waals surface area contributed by atoms with Crippen LogP contribution in [0.4, 0.5) is 0 Å². The van der Waals surface area contributed by atoms with Crippen molar-refractivity contribution in [2.75, 3.05) is 7.05 Å². The fourth-order valence-electron chi connectivity index (χ4n) is 1.04. The Labute approximate surface area is 74.4 Å². The molecule has 0 aromatic carbocycles. The van der Waals surface area contributed by atoms with E-state index in [0.29, 0.717) is 6.42 Å². The number of hydrogen-bond acceptors (Lipinski definition) is 3. The highest BCUT2D eigenvalue weighted by Gasteiger charge is 2.00. The van der Waals surface area contributed by atoms with Crippen LogP contribution in [-0.4, -0.2) is 13.0 Å². The topological polar surface area (TPSA) is 38.3 Å². The van der Waals surface area contributed by atoms with E-state index in [4.69, 9.17) is 0 Å². The molecule has 0 radical (unpaired) electrons. The number of unbranched alkanes of at least 4 members (excludes halogenated alkanes) is 4. The standard InChI is InChI=1S/C9H19NO2/c1-3-4-5-6-7-8-9(11)12-10-2/h10H,3-8H2,1-2H3. The zero-order valence-corrected chi connectivity index (χ0v) is 8.06. The second-order valence-corrected chi connectivity index (χ2v) is 2.84. The Kier molecular flexibility index (Phi) is 8.12.